The van der Waals surface area contributed by atoms with E-state index >= 15 is 0 Å². The molecule has 0 amide bonds. The fourth-order valence-corrected chi connectivity index (χ4v) is 2.78. The van der Waals surface area contributed by atoms with Crippen LogP contribution in [0.2, 0.25) is 0 Å². The molecule has 20 heavy (non-hydrogen) atoms. The largest absolute Gasteiger partial charge is 0.381 e. The van der Waals surface area contributed by atoms with Crippen molar-refractivity contribution in [2.75, 3.05) is 19.8 Å². The number of hydrogen-bond donors (Lipinski definition) is 1. The smallest absolute Gasteiger partial charge is 0.0489 e. The Balaban J connectivity index is 1.54. The normalized spacial score (nSPS) is 22.0. The summed E-state index contributed by atoms with van der Waals surface area (Å²) in [5.41, 5.74) is 2.89. The summed E-state index contributed by atoms with van der Waals surface area (Å²) in [6.45, 7) is 9.42. The standard InChI is InChI=1S/C18H29NO/c1-14(2)13-20-9-5-8-19-18-11-17(12-18)16-7-4-6-15(3)10-16/h4,6-7,10,14,17-19H,5,8-9,11-13H2,1-3H3. The lowest BCUT2D eigenvalue weighted by Gasteiger charge is -2.36. The average molecular weight is 275 g/mol. The van der Waals surface area contributed by atoms with Gasteiger partial charge in [0.2, 0.25) is 0 Å². The molecule has 0 unspecified atom stereocenters. The van der Waals surface area contributed by atoms with Gasteiger partial charge in [-0.3, -0.25) is 0 Å². The van der Waals surface area contributed by atoms with Crippen molar-refractivity contribution in [3.05, 3.63) is 35.4 Å². The van der Waals surface area contributed by atoms with E-state index < -0.39 is 0 Å². The summed E-state index contributed by atoms with van der Waals surface area (Å²) in [7, 11) is 0. The van der Waals surface area contributed by atoms with E-state index in [2.05, 4.69) is 50.4 Å². The lowest BCUT2D eigenvalue weighted by atomic mass is 9.75. The topological polar surface area (TPSA) is 21.3 Å². The minimum atomic E-state index is 0.643. The van der Waals surface area contributed by atoms with Gasteiger partial charge in [0.1, 0.15) is 0 Å². The van der Waals surface area contributed by atoms with E-state index in [0.717, 1.165) is 32.1 Å². The molecule has 1 aromatic rings. The van der Waals surface area contributed by atoms with Crippen molar-refractivity contribution in [1.82, 2.24) is 5.32 Å². The summed E-state index contributed by atoms with van der Waals surface area (Å²) in [6, 6.07) is 9.67. The highest BCUT2D eigenvalue weighted by atomic mass is 16.5. The molecule has 112 valence electrons. The van der Waals surface area contributed by atoms with Crippen molar-refractivity contribution in [3.63, 3.8) is 0 Å². The maximum absolute atomic E-state index is 5.59. The van der Waals surface area contributed by atoms with Crippen molar-refractivity contribution in [1.29, 1.82) is 0 Å². The predicted molar refractivity (Wildman–Crippen MR) is 85.2 cm³/mol. The van der Waals surface area contributed by atoms with Crippen LogP contribution in [-0.4, -0.2) is 25.8 Å². The van der Waals surface area contributed by atoms with Crippen LogP contribution in [-0.2, 0) is 4.74 Å². The van der Waals surface area contributed by atoms with Crippen molar-refractivity contribution in [2.45, 2.75) is 52.0 Å². The van der Waals surface area contributed by atoms with Crippen LogP contribution in [0.3, 0.4) is 0 Å². The minimum absolute atomic E-state index is 0.643. The van der Waals surface area contributed by atoms with Gasteiger partial charge in [0.15, 0.2) is 0 Å². The second-order valence-corrected chi connectivity index (χ2v) is 6.56. The van der Waals surface area contributed by atoms with Gasteiger partial charge in [0, 0.05) is 19.3 Å². The zero-order valence-corrected chi connectivity index (χ0v) is 13.2. The summed E-state index contributed by atoms with van der Waals surface area (Å²) >= 11 is 0. The molecule has 0 atom stereocenters. The lowest BCUT2D eigenvalue weighted by molar-refractivity contribution is 0.106. The first kappa shape index (κ1) is 15.5. The van der Waals surface area contributed by atoms with Crippen molar-refractivity contribution in [3.8, 4) is 0 Å². The van der Waals surface area contributed by atoms with Crippen LogP contribution in [0.4, 0.5) is 0 Å². The van der Waals surface area contributed by atoms with E-state index in [1.807, 2.05) is 0 Å². The predicted octanol–water partition coefficient (Wildman–Crippen LogP) is 3.89. The third-order valence-electron chi connectivity index (χ3n) is 4.00. The second kappa shape index (κ2) is 7.80. The van der Waals surface area contributed by atoms with Crippen molar-refractivity contribution >= 4 is 0 Å². The molecule has 2 rings (SSSR count). The van der Waals surface area contributed by atoms with Gasteiger partial charge in [-0.05, 0) is 50.1 Å². The maximum atomic E-state index is 5.59. The van der Waals surface area contributed by atoms with Crippen LogP contribution in [0.1, 0.15) is 50.2 Å². The maximum Gasteiger partial charge on any atom is 0.0489 e. The quantitative estimate of drug-likeness (QED) is 0.727. The van der Waals surface area contributed by atoms with Crippen LogP contribution in [0.25, 0.3) is 0 Å². The van der Waals surface area contributed by atoms with Crippen LogP contribution >= 0.6 is 0 Å². The van der Waals surface area contributed by atoms with Crippen molar-refractivity contribution < 1.29 is 4.74 Å². The Kier molecular flexibility index (Phi) is 6.06. The van der Waals surface area contributed by atoms with Gasteiger partial charge >= 0.3 is 0 Å². The molecule has 0 aliphatic heterocycles. The Morgan fingerprint density at radius 2 is 2.10 bits per heavy atom. The van der Waals surface area contributed by atoms with Crippen LogP contribution in [0.5, 0.6) is 0 Å². The molecule has 0 heterocycles. The first-order valence-electron chi connectivity index (χ1n) is 8.03. The summed E-state index contributed by atoms with van der Waals surface area (Å²) in [5.74, 6) is 1.41. The molecule has 1 N–H and O–H groups in total. The Morgan fingerprint density at radius 3 is 2.80 bits per heavy atom. The second-order valence-electron chi connectivity index (χ2n) is 6.56. The Hall–Kier alpha value is -0.860. The fourth-order valence-electron chi connectivity index (χ4n) is 2.78. The van der Waals surface area contributed by atoms with E-state index in [-0.39, 0.29) is 0 Å². The van der Waals surface area contributed by atoms with Gasteiger partial charge in [-0.15, -0.1) is 0 Å². The number of nitrogens with one attached hydrogen (secondary N) is 1. The highest BCUT2D eigenvalue weighted by molar-refractivity contribution is 5.27. The van der Waals surface area contributed by atoms with Crippen LogP contribution in [0, 0.1) is 12.8 Å². The summed E-state index contributed by atoms with van der Waals surface area (Å²) in [5, 5.41) is 3.64. The third-order valence-corrected chi connectivity index (χ3v) is 4.00. The summed E-state index contributed by atoms with van der Waals surface area (Å²) in [6.07, 6.45) is 3.70. The molecule has 1 aliphatic carbocycles. The lowest BCUT2D eigenvalue weighted by Crippen LogP contribution is -2.40. The average Bonchev–Trinajstić information content (AvgIpc) is 2.35. The van der Waals surface area contributed by atoms with Crippen LogP contribution in [0.15, 0.2) is 24.3 Å². The zero-order valence-electron chi connectivity index (χ0n) is 13.2. The number of aryl methyl sites for hydroxylation is 1. The highest BCUT2D eigenvalue weighted by Gasteiger charge is 2.29. The number of benzene rings is 1. The monoisotopic (exact) mass is 275 g/mol. The molecule has 1 fully saturated rings. The van der Waals surface area contributed by atoms with Gasteiger partial charge < -0.3 is 10.1 Å². The molecule has 1 saturated carbocycles. The first-order chi connectivity index (χ1) is 9.65. The van der Waals surface area contributed by atoms with E-state index in [9.17, 15) is 0 Å². The van der Waals surface area contributed by atoms with E-state index in [4.69, 9.17) is 4.74 Å². The summed E-state index contributed by atoms with van der Waals surface area (Å²) < 4.78 is 5.59. The van der Waals surface area contributed by atoms with Gasteiger partial charge in [-0.2, -0.15) is 0 Å². The summed E-state index contributed by atoms with van der Waals surface area (Å²) in [4.78, 5) is 0. The molecular weight excluding hydrogens is 246 g/mol. The zero-order chi connectivity index (χ0) is 14.4. The molecule has 0 radical (unpaired) electrons. The third kappa shape index (κ3) is 4.92. The number of rotatable bonds is 8. The molecule has 2 heteroatoms. The van der Waals surface area contributed by atoms with Gasteiger partial charge in [-0.25, -0.2) is 0 Å². The van der Waals surface area contributed by atoms with Crippen molar-refractivity contribution in [2.24, 2.45) is 5.92 Å². The molecule has 0 spiro atoms. The number of ether oxygens (including phenoxy) is 1. The molecule has 1 aromatic carbocycles. The fraction of sp³-hybridized carbons (Fsp3) is 0.667. The molecule has 0 bridgehead atoms. The SMILES string of the molecule is Cc1cccc(C2CC(NCCCOCC(C)C)C2)c1. The molecule has 2 nitrogen and oxygen atoms in total. The number of hydrogen-bond acceptors (Lipinski definition) is 2. The van der Waals surface area contributed by atoms with Gasteiger partial charge in [-0.1, -0.05) is 43.7 Å². The van der Waals surface area contributed by atoms with E-state index in [1.165, 1.54) is 24.0 Å². The Labute approximate surface area is 123 Å². The Bertz CT molecular complexity index is 396. The van der Waals surface area contributed by atoms with Gasteiger partial charge in [0.25, 0.3) is 0 Å². The minimum Gasteiger partial charge on any atom is -0.381 e. The molecule has 0 saturated heterocycles. The highest BCUT2D eigenvalue weighted by Crippen LogP contribution is 2.36. The molecule has 1 aliphatic rings. The Morgan fingerprint density at radius 1 is 1.30 bits per heavy atom. The van der Waals surface area contributed by atoms with E-state index in [1.54, 1.807) is 0 Å². The molecule has 0 aromatic heterocycles. The van der Waals surface area contributed by atoms with E-state index in [0.29, 0.717) is 12.0 Å². The molecular formula is C18H29NO. The van der Waals surface area contributed by atoms with Gasteiger partial charge in [0.05, 0.1) is 0 Å². The first-order valence-corrected chi connectivity index (χ1v) is 8.03. The van der Waals surface area contributed by atoms with Crippen LogP contribution < -0.4 is 5.32 Å².